The average molecular weight is 223 g/mol. The molecule has 16 heavy (non-hydrogen) atoms. The molecule has 3 aliphatic carbocycles. The number of rotatable bonds is 2. The van der Waals surface area contributed by atoms with Gasteiger partial charge in [0.05, 0.1) is 6.61 Å². The van der Waals surface area contributed by atoms with Crippen molar-refractivity contribution in [2.75, 3.05) is 6.61 Å². The first-order valence-electron chi connectivity index (χ1n) is 6.64. The van der Waals surface area contributed by atoms with Crippen molar-refractivity contribution in [2.45, 2.75) is 51.0 Å². The minimum atomic E-state index is -0.613. The molecular formula is C13H21NO2. The predicted octanol–water partition coefficient (Wildman–Crippen LogP) is 1.85. The third-order valence-corrected chi connectivity index (χ3v) is 5.17. The van der Waals surface area contributed by atoms with Crippen LogP contribution in [0.5, 0.6) is 0 Å². The van der Waals surface area contributed by atoms with Gasteiger partial charge in [-0.2, -0.15) is 0 Å². The first kappa shape index (κ1) is 10.6. The molecule has 1 spiro atoms. The van der Waals surface area contributed by atoms with E-state index in [-0.39, 0.29) is 11.4 Å². The fraction of sp³-hybridized carbons (Fsp3) is 0.923. The van der Waals surface area contributed by atoms with Crippen molar-refractivity contribution < 1.29 is 9.53 Å². The van der Waals surface area contributed by atoms with Crippen LogP contribution in [0, 0.1) is 17.3 Å². The van der Waals surface area contributed by atoms with Gasteiger partial charge in [0.2, 0.25) is 0 Å². The normalized spacial score (nSPS) is 49.4. The maximum atomic E-state index is 12.0. The number of esters is 1. The lowest BCUT2D eigenvalue weighted by molar-refractivity contribution is -0.146. The number of ether oxygens (including phenoxy) is 1. The lowest BCUT2D eigenvalue weighted by Gasteiger charge is -2.10. The number of carbonyl (C=O) groups excluding carboxylic acids is 1. The van der Waals surface area contributed by atoms with Gasteiger partial charge in [0.15, 0.2) is 0 Å². The van der Waals surface area contributed by atoms with E-state index in [0.717, 1.165) is 6.42 Å². The van der Waals surface area contributed by atoms with Gasteiger partial charge in [0, 0.05) is 5.41 Å². The lowest BCUT2D eigenvalue weighted by Crippen LogP contribution is -2.39. The first-order valence-corrected chi connectivity index (χ1v) is 6.64. The summed E-state index contributed by atoms with van der Waals surface area (Å²) in [5, 5.41) is 0. The van der Waals surface area contributed by atoms with E-state index in [0.29, 0.717) is 18.4 Å². The molecule has 3 aliphatic rings. The Labute approximate surface area is 96.7 Å². The highest BCUT2D eigenvalue weighted by atomic mass is 16.5. The van der Waals surface area contributed by atoms with Crippen molar-refractivity contribution in [2.24, 2.45) is 23.0 Å². The molecular weight excluding hydrogens is 202 g/mol. The molecule has 0 heterocycles. The van der Waals surface area contributed by atoms with Crippen LogP contribution in [0.25, 0.3) is 0 Å². The van der Waals surface area contributed by atoms with E-state index >= 15 is 0 Å². The number of hydrogen-bond donors (Lipinski definition) is 1. The predicted molar refractivity (Wildman–Crippen MR) is 60.7 cm³/mol. The van der Waals surface area contributed by atoms with Gasteiger partial charge in [-0.3, -0.25) is 4.79 Å². The van der Waals surface area contributed by atoms with Crippen LogP contribution < -0.4 is 5.73 Å². The van der Waals surface area contributed by atoms with E-state index in [1.54, 1.807) is 0 Å². The second-order valence-corrected chi connectivity index (χ2v) is 5.72. The van der Waals surface area contributed by atoms with Crippen molar-refractivity contribution in [1.29, 1.82) is 0 Å². The Morgan fingerprint density at radius 3 is 2.88 bits per heavy atom. The summed E-state index contributed by atoms with van der Waals surface area (Å²) in [5.74, 6) is 1.00. The zero-order chi connectivity index (χ0) is 11.4. The quantitative estimate of drug-likeness (QED) is 0.727. The second-order valence-electron chi connectivity index (χ2n) is 5.72. The van der Waals surface area contributed by atoms with Crippen LogP contribution in [0.15, 0.2) is 0 Å². The van der Waals surface area contributed by atoms with Crippen LogP contribution in [0.1, 0.15) is 45.4 Å². The van der Waals surface area contributed by atoms with E-state index in [1.807, 2.05) is 6.92 Å². The van der Waals surface area contributed by atoms with Gasteiger partial charge in [-0.25, -0.2) is 0 Å². The summed E-state index contributed by atoms with van der Waals surface area (Å²) < 4.78 is 5.17. The van der Waals surface area contributed by atoms with E-state index in [1.165, 1.54) is 32.1 Å². The molecule has 3 nitrogen and oxygen atoms in total. The topological polar surface area (TPSA) is 52.3 Å². The van der Waals surface area contributed by atoms with Gasteiger partial charge in [0.1, 0.15) is 5.54 Å². The number of hydrogen-bond acceptors (Lipinski definition) is 3. The third kappa shape index (κ3) is 1.05. The van der Waals surface area contributed by atoms with Crippen molar-refractivity contribution >= 4 is 5.97 Å². The average Bonchev–Trinajstić information content (AvgIpc) is 3.05. The minimum Gasteiger partial charge on any atom is -0.465 e. The van der Waals surface area contributed by atoms with Gasteiger partial charge in [-0.15, -0.1) is 0 Å². The summed E-state index contributed by atoms with van der Waals surface area (Å²) >= 11 is 0. The van der Waals surface area contributed by atoms with Crippen molar-refractivity contribution in [3.05, 3.63) is 0 Å². The molecule has 90 valence electrons. The minimum absolute atomic E-state index is 0.135. The molecule has 4 unspecified atom stereocenters. The Balaban J connectivity index is 1.80. The lowest BCUT2D eigenvalue weighted by atomic mass is 10.0. The maximum absolute atomic E-state index is 12.0. The summed E-state index contributed by atoms with van der Waals surface area (Å²) in [6.45, 7) is 2.30. The van der Waals surface area contributed by atoms with E-state index in [2.05, 4.69) is 0 Å². The van der Waals surface area contributed by atoms with E-state index in [9.17, 15) is 4.79 Å². The van der Waals surface area contributed by atoms with E-state index < -0.39 is 5.54 Å². The van der Waals surface area contributed by atoms with Crippen LogP contribution in [0.3, 0.4) is 0 Å². The van der Waals surface area contributed by atoms with Crippen LogP contribution in [0.2, 0.25) is 0 Å². The Hall–Kier alpha value is -0.570. The molecule has 3 fully saturated rings. The maximum Gasteiger partial charge on any atom is 0.327 e. The monoisotopic (exact) mass is 223 g/mol. The highest BCUT2D eigenvalue weighted by Gasteiger charge is 2.88. The molecule has 0 aromatic carbocycles. The standard InChI is InChI=1S/C13H21NO2/c1-2-16-11(15)13(14)10-7-5-3-4-6-9-8-12(9,10)13/h9-10H,2-8,14H2,1H3. The highest BCUT2D eigenvalue weighted by molar-refractivity contribution is 5.88. The summed E-state index contributed by atoms with van der Waals surface area (Å²) in [7, 11) is 0. The molecule has 4 atom stereocenters. The molecule has 0 aromatic rings. The van der Waals surface area contributed by atoms with Crippen LogP contribution in [-0.2, 0) is 9.53 Å². The molecule has 0 aromatic heterocycles. The molecule has 0 saturated heterocycles. The van der Waals surface area contributed by atoms with Crippen LogP contribution in [-0.4, -0.2) is 18.1 Å². The van der Waals surface area contributed by atoms with Crippen molar-refractivity contribution in [1.82, 2.24) is 0 Å². The van der Waals surface area contributed by atoms with Gasteiger partial charge < -0.3 is 10.5 Å². The van der Waals surface area contributed by atoms with Crippen LogP contribution in [0.4, 0.5) is 0 Å². The molecule has 0 aliphatic heterocycles. The van der Waals surface area contributed by atoms with Gasteiger partial charge in [0.25, 0.3) is 0 Å². The third-order valence-electron chi connectivity index (χ3n) is 5.17. The highest BCUT2D eigenvalue weighted by Crippen LogP contribution is 2.82. The summed E-state index contributed by atoms with van der Waals surface area (Å²) in [6, 6.07) is 0. The smallest absolute Gasteiger partial charge is 0.327 e. The molecule has 3 rings (SSSR count). The van der Waals surface area contributed by atoms with Crippen molar-refractivity contribution in [3.63, 3.8) is 0 Å². The molecule has 0 radical (unpaired) electrons. The largest absolute Gasteiger partial charge is 0.465 e. The first-order chi connectivity index (χ1) is 7.68. The number of nitrogens with two attached hydrogens (primary N) is 1. The van der Waals surface area contributed by atoms with E-state index in [4.69, 9.17) is 10.5 Å². The zero-order valence-corrected chi connectivity index (χ0v) is 10.00. The fourth-order valence-corrected chi connectivity index (χ4v) is 4.30. The van der Waals surface area contributed by atoms with Gasteiger partial charge >= 0.3 is 5.97 Å². The molecule has 0 bridgehead atoms. The summed E-state index contributed by atoms with van der Waals surface area (Å²) in [5.41, 5.74) is 5.92. The molecule has 2 N–H and O–H groups in total. The molecule has 3 heteroatoms. The SMILES string of the molecule is CCOC(=O)C1(N)C2CCCCCC3CC321. The Kier molecular flexibility index (Phi) is 2.13. The molecule has 3 saturated carbocycles. The van der Waals surface area contributed by atoms with Gasteiger partial charge in [-0.1, -0.05) is 19.3 Å². The zero-order valence-electron chi connectivity index (χ0n) is 10.00. The second kappa shape index (κ2) is 3.22. The van der Waals surface area contributed by atoms with Crippen LogP contribution >= 0.6 is 0 Å². The van der Waals surface area contributed by atoms with Crippen molar-refractivity contribution in [3.8, 4) is 0 Å². The Morgan fingerprint density at radius 1 is 1.38 bits per heavy atom. The fourth-order valence-electron chi connectivity index (χ4n) is 4.30. The van der Waals surface area contributed by atoms with Gasteiger partial charge in [-0.05, 0) is 38.0 Å². The Bertz CT molecular complexity index is 330. The summed E-state index contributed by atoms with van der Waals surface area (Å²) in [6.07, 6.45) is 7.44. The number of carbonyl (C=O) groups is 1. The summed E-state index contributed by atoms with van der Waals surface area (Å²) in [4.78, 5) is 12.0. The Morgan fingerprint density at radius 2 is 2.12 bits per heavy atom. The molecule has 0 amide bonds.